The normalized spacial score (nSPS) is 12.0. The molecule has 2 rings (SSSR count). The smallest absolute Gasteiger partial charge is 0.253 e. The summed E-state index contributed by atoms with van der Waals surface area (Å²) in [6.07, 6.45) is 0. The molecule has 1 atom stereocenters. The summed E-state index contributed by atoms with van der Waals surface area (Å²) in [6.45, 7) is 1.80. The van der Waals surface area contributed by atoms with Crippen molar-refractivity contribution in [2.75, 3.05) is 0 Å². The molecule has 0 bridgehead atoms. The van der Waals surface area contributed by atoms with Crippen LogP contribution in [-0.4, -0.2) is 5.91 Å². The van der Waals surface area contributed by atoms with Crippen LogP contribution in [-0.2, 0) is 0 Å². The number of carbonyl (C=O) groups excluding carboxylic acids is 1. The second-order valence-electron chi connectivity index (χ2n) is 4.50. The summed E-state index contributed by atoms with van der Waals surface area (Å²) in [7, 11) is 0. The third-order valence-corrected chi connectivity index (χ3v) is 3.79. The van der Waals surface area contributed by atoms with Gasteiger partial charge in [0, 0.05) is 5.02 Å². The van der Waals surface area contributed by atoms with Crippen molar-refractivity contribution in [1.82, 2.24) is 5.32 Å². The molecule has 21 heavy (non-hydrogen) atoms. The zero-order valence-corrected chi connectivity index (χ0v) is 13.2. The van der Waals surface area contributed by atoms with Crippen LogP contribution in [0, 0.1) is 5.82 Å². The van der Waals surface area contributed by atoms with E-state index in [0.29, 0.717) is 5.02 Å². The molecule has 0 aliphatic carbocycles. The second-order valence-corrected chi connectivity index (χ2v) is 5.75. The molecule has 0 saturated carbocycles. The van der Waals surface area contributed by atoms with Gasteiger partial charge in [0.25, 0.3) is 5.91 Å². The van der Waals surface area contributed by atoms with Crippen molar-refractivity contribution in [3.8, 4) is 0 Å². The SMILES string of the molecule is CC(NC(=O)c1cc(F)c(Cl)cc1Cl)c1cccc(Cl)c1. The van der Waals surface area contributed by atoms with Crippen LogP contribution in [0.3, 0.4) is 0 Å². The van der Waals surface area contributed by atoms with E-state index in [2.05, 4.69) is 5.32 Å². The van der Waals surface area contributed by atoms with Gasteiger partial charge in [-0.25, -0.2) is 4.39 Å². The Bertz CT molecular complexity index is 691. The highest BCUT2D eigenvalue weighted by molar-refractivity contribution is 6.36. The van der Waals surface area contributed by atoms with Gasteiger partial charge in [0.05, 0.1) is 21.7 Å². The van der Waals surface area contributed by atoms with Crippen LogP contribution >= 0.6 is 34.8 Å². The van der Waals surface area contributed by atoms with Gasteiger partial charge >= 0.3 is 0 Å². The van der Waals surface area contributed by atoms with Crippen LogP contribution in [0.15, 0.2) is 36.4 Å². The molecule has 0 aliphatic heterocycles. The highest BCUT2D eigenvalue weighted by Gasteiger charge is 2.17. The van der Waals surface area contributed by atoms with Gasteiger partial charge in [-0.15, -0.1) is 0 Å². The fraction of sp³-hybridized carbons (Fsp3) is 0.133. The Hall–Kier alpha value is -1.29. The Morgan fingerprint density at radius 2 is 1.86 bits per heavy atom. The lowest BCUT2D eigenvalue weighted by Crippen LogP contribution is -2.27. The standard InChI is InChI=1S/C15H11Cl3FNO/c1-8(9-3-2-4-10(16)5-9)20-15(21)11-6-14(19)13(18)7-12(11)17/h2-8H,1H3,(H,20,21). The van der Waals surface area contributed by atoms with E-state index < -0.39 is 11.7 Å². The summed E-state index contributed by atoms with van der Waals surface area (Å²) in [5.74, 6) is -1.18. The quantitative estimate of drug-likeness (QED) is 0.753. The van der Waals surface area contributed by atoms with E-state index in [1.165, 1.54) is 6.07 Å². The van der Waals surface area contributed by atoms with Crippen molar-refractivity contribution >= 4 is 40.7 Å². The molecule has 0 spiro atoms. The largest absolute Gasteiger partial charge is 0.345 e. The highest BCUT2D eigenvalue weighted by Crippen LogP contribution is 2.25. The molecule has 0 aromatic heterocycles. The topological polar surface area (TPSA) is 29.1 Å². The molecular formula is C15H11Cl3FNO. The number of rotatable bonds is 3. The molecule has 0 heterocycles. The second kappa shape index (κ2) is 6.65. The fourth-order valence-corrected chi connectivity index (χ4v) is 2.50. The van der Waals surface area contributed by atoms with Crippen LogP contribution in [0.2, 0.25) is 15.1 Å². The lowest BCUT2D eigenvalue weighted by atomic mass is 10.1. The number of nitrogens with one attached hydrogen (secondary N) is 1. The average molecular weight is 347 g/mol. The zero-order valence-electron chi connectivity index (χ0n) is 11.0. The Labute approximate surface area is 136 Å². The Morgan fingerprint density at radius 3 is 2.52 bits per heavy atom. The maximum atomic E-state index is 13.4. The van der Waals surface area contributed by atoms with Gasteiger partial charge in [0.2, 0.25) is 0 Å². The molecular weight excluding hydrogens is 336 g/mol. The molecule has 2 aromatic carbocycles. The first kappa shape index (κ1) is 16.1. The fourth-order valence-electron chi connectivity index (χ4n) is 1.83. The average Bonchev–Trinajstić information content (AvgIpc) is 2.42. The van der Waals surface area contributed by atoms with E-state index in [1.807, 2.05) is 6.07 Å². The van der Waals surface area contributed by atoms with Gasteiger partial charge in [-0.05, 0) is 36.8 Å². The summed E-state index contributed by atoms with van der Waals surface area (Å²) in [4.78, 5) is 12.2. The summed E-state index contributed by atoms with van der Waals surface area (Å²) >= 11 is 17.4. The minimum Gasteiger partial charge on any atom is -0.345 e. The van der Waals surface area contributed by atoms with Gasteiger partial charge in [-0.3, -0.25) is 4.79 Å². The van der Waals surface area contributed by atoms with E-state index in [-0.39, 0.29) is 21.7 Å². The molecule has 1 unspecified atom stereocenters. The van der Waals surface area contributed by atoms with Gasteiger partial charge in [0.1, 0.15) is 5.82 Å². The molecule has 1 amide bonds. The molecule has 110 valence electrons. The van der Waals surface area contributed by atoms with Crippen molar-refractivity contribution in [2.45, 2.75) is 13.0 Å². The maximum absolute atomic E-state index is 13.4. The van der Waals surface area contributed by atoms with E-state index >= 15 is 0 Å². The first-order valence-corrected chi connectivity index (χ1v) is 7.22. The third-order valence-electron chi connectivity index (χ3n) is 2.95. The predicted molar refractivity (Wildman–Crippen MR) is 83.8 cm³/mol. The molecule has 0 saturated heterocycles. The first-order valence-electron chi connectivity index (χ1n) is 6.09. The molecule has 2 nitrogen and oxygen atoms in total. The van der Waals surface area contributed by atoms with E-state index in [1.54, 1.807) is 25.1 Å². The number of hydrogen-bond donors (Lipinski definition) is 1. The molecule has 0 radical (unpaired) electrons. The molecule has 2 aromatic rings. The number of hydrogen-bond acceptors (Lipinski definition) is 1. The summed E-state index contributed by atoms with van der Waals surface area (Å²) in [6, 6.07) is 9.03. The van der Waals surface area contributed by atoms with Crippen molar-refractivity contribution < 1.29 is 9.18 Å². The minimum absolute atomic E-state index is 0.0347. The van der Waals surface area contributed by atoms with Crippen LogP contribution < -0.4 is 5.32 Å². The van der Waals surface area contributed by atoms with Crippen LogP contribution in [0.1, 0.15) is 28.9 Å². The van der Waals surface area contributed by atoms with Gasteiger partial charge in [-0.1, -0.05) is 46.9 Å². The van der Waals surface area contributed by atoms with Crippen molar-refractivity contribution in [3.05, 3.63) is 68.4 Å². The van der Waals surface area contributed by atoms with Crippen molar-refractivity contribution in [1.29, 1.82) is 0 Å². The van der Waals surface area contributed by atoms with Crippen LogP contribution in [0.4, 0.5) is 4.39 Å². The molecule has 0 aliphatic rings. The zero-order chi connectivity index (χ0) is 15.6. The highest BCUT2D eigenvalue weighted by atomic mass is 35.5. The third kappa shape index (κ3) is 3.88. The van der Waals surface area contributed by atoms with Gasteiger partial charge in [-0.2, -0.15) is 0 Å². The predicted octanol–water partition coefficient (Wildman–Crippen LogP) is 5.28. The van der Waals surface area contributed by atoms with E-state index in [9.17, 15) is 9.18 Å². The van der Waals surface area contributed by atoms with Crippen LogP contribution in [0.5, 0.6) is 0 Å². The Balaban J connectivity index is 2.20. The van der Waals surface area contributed by atoms with E-state index in [4.69, 9.17) is 34.8 Å². The van der Waals surface area contributed by atoms with Crippen molar-refractivity contribution in [2.24, 2.45) is 0 Å². The molecule has 1 N–H and O–H groups in total. The van der Waals surface area contributed by atoms with Gasteiger partial charge in [0.15, 0.2) is 0 Å². The van der Waals surface area contributed by atoms with Gasteiger partial charge < -0.3 is 5.32 Å². The lowest BCUT2D eigenvalue weighted by molar-refractivity contribution is 0.0939. The lowest BCUT2D eigenvalue weighted by Gasteiger charge is -2.15. The minimum atomic E-state index is -0.693. The molecule has 6 heteroatoms. The summed E-state index contributed by atoms with van der Waals surface area (Å²) in [5.41, 5.74) is 0.869. The molecule has 0 fully saturated rings. The Morgan fingerprint density at radius 1 is 1.14 bits per heavy atom. The first-order chi connectivity index (χ1) is 9.88. The van der Waals surface area contributed by atoms with Crippen LogP contribution in [0.25, 0.3) is 0 Å². The number of carbonyl (C=O) groups is 1. The maximum Gasteiger partial charge on any atom is 0.253 e. The Kier molecular flexibility index (Phi) is 5.09. The van der Waals surface area contributed by atoms with E-state index in [0.717, 1.165) is 11.6 Å². The number of halogens is 4. The number of amides is 1. The summed E-state index contributed by atoms with van der Waals surface area (Å²) in [5, 5.41) is 3.28. The monoisotopic (exact) mass is 345 g/mol. The number of benzene rings is 2. The van der Waals surface area contributed by atoms with Crippen molar-refractivity contribution in [3.63, 3.8) is 0 Å². The summed E-state index contributed by atoms with van der Waals surface area (Å²) < 4.78 is 13.4.